The molecule has 2 nitrogen and oxygen atoms in total. The van der Waals surface area contributed by atoms with Crippen molar-refractivity contribution in [3.8, 4) is 11.1 Å². The molecule has 0 bridgehead atoms. The largest absolute Gasteiger partial charge is 0.384 e. The Morgan fingerprint density at radius 1 is 1.27 bits per heavy atom. The zero-order valence-electron chi connectivity index (χ0n) is 7.74. The fourth-order valence-corrected chi connectivity index (χ4v) is 1.54. The van der Waals surface area contributed by atoms with Crippen LogP contribution in [-0.4, -0.2) is 4.98 Å². The van der Waals surface area contributed by atoms with Gasteiger partial charge in [0.2, 0.25) is 0 Å². The van der Waals surface area contributed by atoms with Gasteiger partial charge in [-0.25, -0.2) is 9.37 Å². The molecule has 1 heterocycles. The fraction of sp³-hybridized carbons (Fsp3) is 0. The van der Waals surface area contributed by atoms with Gasteiger partial charge in [-0.05, 0) is 23.8 Å². The molecule has 0 aliphatic rings. The van der Waals surface area contributed by atoms with Gasteiger partial charge in [0.1, 0.15) is 11.6 Å². The Balaban J connectivity index is 2.58. The second kappa shape index (κ2) is 3.87. The standard InChI is InChI=1S/C11H8ClFN2/c12-10-6-15-11(14)5-9(10)7-2-1-3-8(13)4-7/h1-6H,(H2,14,15). The summed E-state index contributed by atoms with van der Waals surface area (Å²) in [6.45, 7) is 0. The van der Waals surface area contributed by atoms with E-state index in [1.165, 1.54) is 18.3 Å². The lowest BCUT2D eigenvalue weighted by atomic mass is 10.1. The topological polar surface area (TPSA) is 38.9 Å². The van der Waals surface area contributed by atoms with E-state index < -0.39 is 0 Å². The van der Waals surface area contributed by atoms with Crippen molar-refractivity contribution in [3.63, 3.8) is 0 Å². The molecule has 2 rings (SSSR count). The number of hydrogen-bond acceptors (Lipinski definition) is 2. The lowest BCUT2D eigenvalue weighted by Gasteiger charge is -2.04. The molecule has 0 radical (unpaired) electrons. The van der Waals surface area contributed by atoms with Gasteiger partial charge in [0, 0.05) is 11.8 Å². The SMILES string of the molecule is Nc1cc(-c2cccc(F)c2)c(Cl)cn1. The van der Waals surface area contributed by atoms with E-state index in [-0.39, 0.29) is 5.82 Å². The highest BCUT2D eigenvalue weighted by molar-refractivity contribution is 6.33. The number of rotatable bonds is 1. The molecule has 0 spiro atoms. The number of nitrogens with zero attached hydrogens (tertiary/aromatic N) is 1. The molecule has 1 aromatic carbocycles. The van der Waals surface area contributed by atoms with Crippen LogP contribution < -0.4 is 5.73 Å². The van der Waals surface area contributed by atoms with Crippen molar-refractivity contribution in [2.45, 2.75) is 0 Å². The molecule has 4 heteroatoms. The maximum atomic E-state index is 13.0. The van der Waals surface area contributed by atoms with Gasteiger partial charge in [-0.15, -0.1) is 0 Å². The Bertz CT molecular complexity index is 500. The minimum absolute atomic E-state index is 0.307. The van der Waals surface area contributed by atoms with Gasteiger partial charge in [0.25, 0.3) is 0 Å². The minimum atomic E-state index is -0.307. The molecule has 1 aromatic heterocycles. The van der Waals surface area contributed by atoms with E-state index in [0.29, 0.717) is 22.0 Å². The number of halogens is 2. The molecule has 2 N–H and O–H groups in total. The summed E-state index contributed by atoms with van der Waals surface area (Å²) in [6.07, 6.45) is 1.46. The molecule has 0 atom stereocenters. The summed E-state index contributed by atoms with van der Waals surface area (Å²) in [4.78, 5) is 3.84. The van der Waals surface area contributed by atoms with Gasteiger partial charge < -0.3 is 5.73 Å². The minimum Gasteiger partial charge on any atom is -0.384 e. The third kappa shape index (κ3) is 2.07. The maximum Gasteiger partial charge on any atom is 0.124 e. The number of hydrogen-bond donors (Lipinski definition) is 1. The first kappa shape index (κ1) is 9.93. The van der Waals surface area contributed by atoms with Gasteiger partial charge in [0.15, 0.2) is 0 Å². The lowest BCUT2D eigenvalue weighted by Crippen LogP contribution is -1.91. The molecule has 2 aromatic rings. The quantitative estimate of drug-likeness (QED) is 0.805. The molecular formula is C11H8ClFN2. The van der Waals surface area contributed by atoms with Crippen LogP contribution in [0.5, 0.6) is 0 Å². The van der Waals surface area contributed by atoms with Crippen molar-refractivity contribution in [2.24, 2.45) is 0 Å². The summed E-state index contributed by atoms with van der Waals surface area (Å²) in [5.74, 6) is 0.0533. The van der Waals surface area contributed by atoms with Crippen molar-refractivity contribution < 1.29 is 4.39 Å². The zero-order valence-corrected chi connectivity index (χ0v) is 8.50. The summed E-state index contributed by atoms with van der Waals surface area (Å²) >= 11 is 5.94. The number of benzene rings is 1. The van der Waals surface area contributed by atoms with Crippen LogP contribution in [0.3, 0.4) is 0 Å². The van der Waals surface area contributed by atoms with Crippen LogP contribution in [0, 0.1) is 5.82 Å². The molecule has 0 amide bonds. The summed E-state index contributed by atoms with van der Waals surface area (Å²) in [5, 5.41) is 0.454. The van der Waals surface area contributed by atoms with Crippen LogP contribution in [-0.2, 0) is 0 Å². The highest BCUT2D eigenvalue weighted by Gasteiger charge is 2.05. The van der Waals surface area contributed by atoms with Crippen molar-refractivity contribution >= 4 is 17.4 Å². The third-order valence-electron chi connectivity index (χ3n) is 2.01. The van der Waals surface area contributed by atoms with Crippen LogP contribution in [0.2, 0.25) is 5.02 Å². The first-order chi connectivity index (χ1) is 7.16. The molecule has 76 valence electrons. The highest BCUT2D eigenvalue weighted by Crippen LogP contribution is 2.28. The predicted octanol–water partition coefficient (Wildman–Crippen LogP) is 3.12. The van der Waals surface area contributed by atoms with Crippen molar-refractivity contribution in [1.82, 2.24) is 4.98 Å². The van der Waals surface area contributed by atoms with Crippen molar-refractivity contribution in [2.75, 3.05) is 5.73 Å². The Hall–Kier alpha value is -1.61. The van der Waals surface area contributed by atoms with Gasteiger partial charge in [0.05, 0.1) is 5.02 Å². The number of nitrogens with two attached hydrogens (primary N) is 1. The van der Waals surface area contributed by atoms with Crippen molar-refractivity contribution in [3.05, 3.63) is 47.4 Å². The van der Waals surface area contributed by atoms with Gasteiger partial charge in [-0.3, -0.25) is 0 Å². The maximum absolute atomic E-state index is 13.0. The summed E-state index contributed by atoms with van der Waals surface area (Å²) < 4.78 is 13.0. The summed E-state index contributed by atoms with van der Waals surface area (Å²) in [6, 6.07) is 7.79. The third-order valence-corrected chi connectivity index (χ3v) is 2.31. The monoisotopic (exact) mass is 222 g/mol. The van der Waals surface area contributed by atoms with E-state index in [0.717, 1.165) is 0 Å². The van der Waals surface area contributed by atoms with E-state index in [4.69, 9.17) is 17.3 Å². The molecule has 0 aliphatic carbocycles. The highest BCUT2D eigenvalue weighted by atomic mass is 35.5. The number of pyridine rings is 1. The molecule has 0 unspecified atom stereocenters. The van der Waals surface area contributed by atoms with Gasteiger partial charge >= 0.3 is 0 Å². The Morgan fingerprint density at radius 2 is 2.07 bits per heavy atom. The molecular weight excluding hydrogens is 215 g/mol. The molecule has 0 aliphatic heterocycles. The van der Waals surface area contributed by atoms with Gasteiger partial charge in [-0.2, -0.15) is 0 Å². The molecule has 0 saturated carbocycles. The average molecular weight is 223 g/mol. The fourth-order valence-electron chi connectivity index (χ4n) is 1.33. The van der Waals surface area contributed by atoms with E-state index in [2.05, 4.69) is 4.98 Å². The van der Waals surface area contributed by atoms with E-state index in [1.807, 2.05) is 0 Å². The first-order valence-corrected chi connectivity index (χ1v) is 4.71. The molecule has 0 saturated heterocycles. The smallest absolute Gasteiger partial charge is 0.124 e. The normalized spacial score (nSPS) is 10.3. The molecule has 15 heavy (non-hydrogen) atoms. The van der Waals surface area contributed by atoms with Crippen LogP contribution in [0.4, 0.5) is 10.2 Å². The second-order valence-electron chi connectivity index (χ2n) is 3.10. The number of anilines is 1. The Kier molecular flexibility index (Phi) is 2.56. The van der Waals surface area contributed by atoms with Crippen LogP contribution >= 0.6 is 11.6 Å². The average Bonchev–Trinajstić information content (AvgIpc) is 2.22. The lowest BCUT2D eigenvalue weighted by molar-refractivity contribution is 0.628. The zero-order chi connectivity index (χ0) is 10.8. The van der Waals surface area contributed by atoms with E-state index in [9.17, 15) is 4.39 Å². The Labute approximate surface area is 91.5 Å². The summed E-state index contributed by atoms with van der Waals surface area (Å²) in [7, 11) is 0. The Morgan fingerprint density at radius 3 is 2.80 bits per heavy atom. The second-order valence-corrected chi connectivity index (χ2v) is 3.51. The van der Waals surface area contributed by atoms with Crippen LogP contribution in [0.1, 0.15) is 0 Å². The van der Waals surface area contributed by atoms with Crippen LogP contribution in [0.15, 0.2) is 36.5 Å². The van der Waals surface area contributed by atoms with Gasteiger partial charge in [-0.1, -0.05) is 23.7 Å². The molecule has 0 fully saturated rings. The predicted molar refractivity (Wildman–Crippen MR) is 59.1 cm³/mol. The van der Waals surface area contributed by atoms with Crippen molar-refractivity contribution in [1.29, 1.82) is 0 Å². The summed E-state index contributed by atoms with van der Waals surface area (Å²) in [5.41, 5.74) is 6.91. The first-order valence-electron chi connectivity index (χ1n) is 4.34. The number of aromatic nitrogens is 1. The van der Waals surface area contributed by atoms with Crippen LogP contribution in [0.25, 0.3) is 11.1 Å². The number of nitrogen functional groups attached to an aromatic ring is 1. The van der Waals surface area contributed by atoms with E-state index in [1.54, 1.807) is 18.2 Å². The van der Waals surface area contributed by atoms with E-state index >= 15 is 0 Å².